The van der Waals surface area contributed by atoms with E-state index in [0.29, 0.717) is 31.1 Å². The molecule has 3 saturated carbocycles. The van der Waals surface area contributed by atoms with Gasteiger partial charge in [-0.15, -0.1) is 0 Å². The van der Waals surface area contributed by atoms with E-state index in [9.17, 15) is 9.59 Å². The summed E-state index contributed by atoms with van der Waals surface area (Å²) in [5, 5.41) is 9.06. The number of alkyl halides is 1. The van der Waals surface area contributed by atoms with Crippen molar-refractivity contribution in [2.45, 2.75) is 77.3 Å². The van der Waals surface area contributed by atoms with Gasteiger partial charge in [0.2, 0.25) is 0 Å². The van der Waals surface area contributed by atoms with E-state index in [1.54, 1.807) is 0 Å². The van der Waals surface area contributed by atoms with Gasteiger partial charge in [-0.3, -0.25) is 9.59 Å². The van der Waals surface area contributed by atoms with Gasteiger partial charge in [0.05, 0.1) is 0 Å². The molecule has 0 aromatic carbocycles. The number of Topliss-reactive ketones (excluding diaryl/α,β-unsaturated/α-hetero) is 1. The second kappa shape index (κ2) is 7.42. The van der Waals surface area contributed by atoms with Gasteiger partial charge >= 0.3 is 0 Å². The first kappa shape index (κ1) is 19.3. The number of aliphatic hydroxyl groups excluding tert-OH is 1. The average Bonchev–Trinajstić information content (AvgIpc) is 2.92. The van der Waals surface area contributed by atoms with E-state index < -0.39 is 11.6 Å². The smallest absolute Gasteiger partial charge is 0.155 e. The van der Waals surface area contributed by atoms with E-state index in [-0.39, 0.29) is 35.9 Å². The highest BCUT2D eigenvalue weighted by Crippen LogP contribution is 2.63. The summed E-state index contributed by atoms with van der Waals surface area (Å²) in [6.45, 7) is 2.24. The second-order valence-electron chi connectivity index (χ2n) is 9.73. The lowest BCUT2D eigenvalue weighted by Gasteiger charge is -2.56. The van der Waals surface area contributed by atoms with Crippen LogP contribution in [0.15, 0.2) is 11.6 Å². The van der Waals surface area contributed by atoms with Gasteiger partial charge in [-0.2, -0.15) is 0 Å². The van der Waals surface area contributed by atoms with Gasteiger partial charge in [-0.05, 0) is 68.3 Å². The number of hydrogen-bond acceptors (Lipinski definition) is 3. The van der Waals surface area contributed by atoms with Crippen molar-refractivity contribution >= 4 is 11.6 Å². The summed E-state index contributed by atoms with van der Waals surface area (Å²) in [6, 6.07) is 0. The van der Waals surface area contributed by atoms with Crippen LogP contribution in [0.2, 0.25) is 0 Å². The van der Waals surface area contributed by atoms with Crippen LogP contribution in [0.3, 0.4) is 0 Å². The minimum atomic E-state index is -0.930. The first-order valence-electron chi connectivity index (χ1n) is 11.0. The number of unbranched alkanes of at least 4 members (excludes halogenated alkanes) is 2. The third-order valence-corrected chi connectivity index (χ3v) is 8.35. The lowest BCUT2D eigenvalue weighted by Crippen LogP contribution is -2.54. The maximum absolute atomic E-state index is 15.6. The molecule has 0 spiro atoms. The largest absolute Gasteiger partial charge is 0.396 e. The summed E-state index contributed by atoms with van der Waals surface area (Å²) in [5.74, 6) is 1.62. The highest BCUT2D eigenvalue weighted by molar-refractivity contribution is 5.91. The Balaban J connectivity index is 1.65. The van der Waals surface area contributed by atoms with E-state index in [1.165, 1.54) is 5.57 Å². The highest BCUT2D eigenvalue weighted by Gasteiger charge is 2.61. The zero-order valence-electron chi connectivity index (χ0n) is 16.5. The Bertz CT molecular complexity index is 642. The molecule has 0 amide bonds. The highest BCUT2D eigenvalue weighted by atomic mass is 19.1. The Morgan fingerprint density at radius 1 is 1.15 bits per heavy atom. The molecule has 4 rings (SSSR count). The van der Waals surface area contributed by atoms with Crippen molar-refractivity contribution < 1.29 is 19.1 Å². The van der Waals surface area contributed by atoms with Crippen LogP contribution in [0.5, 0.6) is 0 Å². The van der Waals surface area contributed by atoms with Crippen molar-refractivity contribution in [1.82, 2.24) is 0 Å². The van der Waals surface area contributed by atoms with E-state index >= 15 is 4.39 Å². The van der Waals surface area contributed by atoms with Gasteiger partial charge in [0.25, 0.3) is 0 Å². The molecule has 4 aliphatic carbocycles. The lowest BCUT2D eigenvalue weighted by molar-refractivity contribution is -0.138. The molecule has 7 atom stereocenters. The fourth-order valence-electron chi connectivity index (χ4n) is 7.14. The first-order chi connectivity index (χ1) is 13.0. The predicted octanol–water partition coefficient (Wildman–Crippen LogP) is 4.42. The number of rotatable bonds is 5. The van der Waals surface area contributed by atoms with Crippen LogP contribution in [0.25, 0.3) is 0 Å². The molecule has 4 heteroatoms. The predicted molar refractivity (Wildman–Crippen MR) is 102 cm³/mol. The molecule has 0 aromatic rings. The van der Waals surface area contributed by atoms with E-state index in [2.05, 4.69) is 0 Å². The molecule has 0 bridgehead atoms. The Kier molecular flexibility index (Phi) is 5.30. The van der Waals surface area contributed by atoms with Gasteiger partial charge in [0, 0.05) is 30.8 Å². The van der Waals surface area contributed by atoms with Gasteiger partial charge in [0.1, 0.15) is 12.0 Å². The van der Waals surface area contributed by atoms with Crippen molar-refractivity contribution in [3.05, 3.63) is 11.6 Å². The summed E-state index contributed by atoms with van der Waals surface area (Å²) in [7, 11) is 0. The monoisotopic (exact) mass is 376 g/mol. The van der Waals surface area contributed by atoms with E-state index in [4.69, 9.17) is 5.11 Å². The summed E-state index contributed by atoms with van der Waals surface area (Å²) in [4.78, 5) is 24.6. The standard InChI is InChI=1S/C23H33FO3/c1-23-13-19(24)22-17-7-6-16(26)12-15(17)11-14(5-3-2-4-10-25)21(22)18(23)8-9-20(23)27/h12,14,17-19,21-22,25H,2-11,13H2,1H3/t14-,17+,18+,19+,21+,22+,23+/m1/s1. The maximum atomic E-state index is 15.6. The Hall–Kier alpha value is -1.03. The molecule has 4 aliphatic rings. The summed E-state index contributed by atoms with van der Waals surface area (Å²) < 4.78 is 15.6. The summed E-state index contributed by atoms with van der Waals surface area (Å²) in [5.41, 5.74) is 0.713. The molecule has 150 valence electrons. The number of allylic oxidation sites excluding steroid dienone is 1. The number of halogens is 1. The Morgan fingerprint density at radius 2 is 1.96 bits per heavy atom. The Labute approximate surface area is 161 Å². The molecule has 0 aromatic heterocycles. The van der Waals surface area contributed by atoms with Crippen LogP contribution < -0.4 is 0 Å². The van der Waals surface area contributed by atoms with Crippen molar-refractivity contribution in [2.75, 3.05) is 6.61 Å². The molecule has 0 aliphatic heterocycles. The molecule has 1 N–H and O–H groups in total. The number of carbonyl (C=O) groups is 2. The van der Waals surface area contributed by atoms with Crippen molar-refractivity contribution in [2.24, 2.45) is 35.0 Å². The van der Waals surface area contributed by atoms with Crippen LogP contribution in [-0.4, -0.2) is 29.5 Å². The minimum Gasteiger partial charge on any atom is -0.396 e. The topological polar surface area (TPSA) is 54.4 Å². The fraction of sp³-hybridized carbons (Fsp3) is 0.826. The van der Waals surface area contributed by atoms with E-state index in [1.807, 2.05) is 13.0 Å². The number of carbonyl (C=O) groups excluding carboxylic acids is 2. The van der Waals surface area contributed by atoms with Crippen molar-refractivity contribution in [1.29, 1.82) is 0 Å². The fourth-order valence-corrected chi connectivity index (χ4v) is 7.14. The molecule has 3 nitrogen and oxygen atoms in total. The third kappa shape index (κ3) is 3.22. The molecular formula is C23H33FO3. The third-order valence-electron chi connectivity index (χ3n) is 8.35. The quantitative estimate of drug-likeness (QED) is 0.723. The van der Waals surface area contributed by atoms with Crippen molar-refractivity contribution in [3.8, 4) is 0 Å². The summed E-state index contributed by atoms with van der Waals surface area (Å²) in [6.07, 6.45) is 8.92. The molecule has 0 saturated heterocycles. The maximum Gasteiger partial charge on any atom is 0.155 e. The average molecular weight is 377 g/mol. The molecule has 0 heterocycles. The molecule has 3 fully saturated rings. The Morgan fingerprint density at radius 3 is 2.74 bits per heavy atom. The van der Waals surface area contributed by atoms with E-state index in [0.717, 1.165) is 44.9 Å². The van der Waals surface area contributed by atoms with Crippen LogP contribution in [-0.2, 0) is 9.59 Å². The van der Waals surface area contributed by atoms with Gasteiger partial charge in [0.15, 0.2) is 5.78 Å². The number of fused-ring (bicyclic) bond motifs is 5. The molecule has 27 heavy (non-hydrogen) atoms. The number of aliphatic hydroxyl groups is 1. The summed E-state index contributed by atoms with van der Waals surface area (Å²) >= 11 is 0. The normalized spacial score (nSPS) is 43.7. The molecule has 0 unspecified atom stereocenters. The first-order valence-corrected chi connectivity index (χ1v) is 11.0. The van der Waals surface area contributed by atoms with Gasteiger partial charge in [-0.25, -0.2) is 4.39 Å². The van der Waals surface area contributed by atoms with Crippen LogP contribution in [0.4, 0.5) is 4.39 Å². The lowest BCUT2D eigenvalue weighted by atomic mass is 9.48. The van der Waals surface area contributed by atoms with Crippen LogP contribution >= 0.6 is 0 Å². The SMILES string of the molecule is C[C@]12C[C@H](F)[C@H]3[C@@H]([C@H](CCCCCO)CC4=CC(=O)CC[C@@H]43)[C@@H]1CCC2=O. The van der Waals surface area contributed by atoms with Crippen molar-refractivity contribution in [3.63, 3.8) is 0 Å². The van der Waals surface area contributed by atoms with Gasteiger partial charge < -0.3 is 5.11 Å². The number of ketones is 2. The molecule has 0 radical (unpaired) electrons. The minimum absolute atomic E-state index is 0.00934. The number of hydrogen-bond donors (Lipinski definition) is 1. The zero-order valence-corrected chi connectivity index (χ0v) is 16.5. The second-order valence-corrected chi connectivity index (χ2v) is 9.73. The molecular weight excluding hydrogens is 343 g/mol. The van der Waals surface area contributed by atoms with Gasteiger partial charge in [-0.1, -0.05) is 25.3 Å². The van der Waals surface area contributed by atoms with Crippen LogP contribution in [0, 0.1) is 35.0 Å². The van der Waals surface area contributed by atoms with Crippen LogP contribution in [0.1, 0.15) is 71.1 Å². The zero-order chi connectivity index (χ0) is 19.2.